The smallest absolute Gasteiger partial charge is 0.320 e. The molecule has 0 saturated heterocycles. The lowest BCUT2D eigenvalue weighted by molar-refractivity contribution is -0.163. The minimum Gasteiger partial charge on any atom is -0.465 e. The van der Waals surface area contributed by atoms with Gasteiger partial charge in [0.25, 0.3) is 0 Å². The van der Waals surface area contributed by atoms with Gasteiger partial charge in [-0.25, -0.2) is 0 Å². The number of esters is 2. The van der Waals surface area contributed by atoms with E-state index in [1.165, 1.54) is 0 Å². The van der Waals surface area contributed by atoms with Crippen LogP contribution in [0.4, 0.5) is 0 Å². The van der Waals surface area contributed by atoms with Gasteiger partial charge in [-0.3, -0.25) is 14.4 Å². The molecule has 0 aliphatic carbocycles. The summed E-state index contributed by atoms with van der Waals surface area (Å²) in [6.07, 6.45) is -0.277. The van der Waals surface area contributed by atoms with Crippen molar-refractivity contribution in [2.75, 3.05) is 19.1 Å². The zero-order valence-corrected chi connectivity index (χ0v) is 10.1. The molecule has 92 valence electrons. The number of alkyl halides is 1. The van der Waals surface area contributed by atoms with Crippen LogP contribution >= 0.6 is 11.6 Å². The molecule has 0 radical (unpaired) electrons. The van der Waals surface area contributed by atoms with Crippen LogP contribution in [0.5, 0.6) is 0 Å². The summed E-state index contributed by atoms with van der Waals surface area (Å²) in [7, 11) is 0. The average molecular weight is 251 g/mol. The van der Waals surface area contributed by atoms with E-state index in [9.17, 15) is 14.4 Å². The van der Waals surface area contributed by atoms with Crippen LogP contribution in [0.3, 0.4) is 0 Å². The van der Waals surface area contributed by atoms with Crippen molar-refractivity contribution in [2.45, 2.75) is 20.3 Å². The molecule has 0 fully saturated rings. The van der Waals surface area contributed by atoms with Gasteiger partial charge in [0.05, 0.1) is 19.1 Å². The number of ketones is 1. The number of carbonyl (C=O) groups is 3. The van der Waals surface area contributed by atoms with Gasteiger partial charge in [-0.2, -0.15) is 0 Å². The quantitative estimate of drug-likeness (QED) is 0.382. The second-order valence-corrected chi connectivity index (χ2v) is 3.20. The van der Waals surface area contributed by atoms with Gasteiger partial charge in [0.15, 0.2) is 5.92 Å². The number of Topliss-reactive ketones (excluding diaryl/α,β-unsaturated/α-hetero) is 1. The summed E-state index contributed by atoms with van der Waals surface area (Å²) in [4.78, 5) is 33.9. The molecule has 0 aromatic rings. The van der Waals surface area contributed by atoms with E-state index in [0.29, 0.717) is 0 Å². The highest BCUT2D eigenvalue weighted by Gasteiger charge is 2.31. The Balaban J connectivity index is 4.55. The normalized spacial score (nSPS) is 10.0. The van der Waals surface area contributed by atoms with E-state index in [0.717, 1.165) is 0 Å². The van der Waals surface area contributed by atoms with Crippen molar-refractivity contribution in [2.24, 2.45) is 5.92 Å². The maximum atomic E-state index is 11.4. The first kappa shape index (κ1) is 14.9. The monoisotopic (exact) mass is 250 g/mol. The molecule has 0 N–H and O–H groups in total. The third-order valence-corrected chi connectivity index (χ3v) is 2.02. The lowest BCUT2D eigenvalue weighted by atomic mass is 10.0. The first-order valence-electron chi connectivity index (χ1n) is 4.97. The van der Waals surface area contributed by atoms with Crippen LogP contribution in [-0.4, -0.2) is 36.8 Å². The largest absolute Gasteiger partial charge is 0.465 e. The van der Waals surface area contributed by atoms with Crippen LogP contribution in [0.25, 0.3) is 0 Å². The van der Waals surface area contributed by atoms with Gasteiger partial charge >= 0.3 is 11.9 Å². The molecule has 16 heavy (non-hydrogen) atoms. The third-order valence-electron chi connectivity index (χ3n) is 1.72. The summed E-state index contributed by atoms with van der Waals surface area (Å²) in [5.41, 5.74) is 0. The number of hydrogen-bond acceptors (Lipinski definition) is 5. The zero-order valence-electron chi connectivity index (χ0n) is 9.32. The van der Waals surface area contributed by atoms with E-state index in [-0.39, 0.29) is 25.5 Å². The number of halogens is 1. The number of rotatable bonds is 7. The van der Waals surface area contributed by atoms with E-state index in [1.807, 2.05) is 0 Å². The molecule has 0 unspecified atom stereocenters. The van der Waals surface area contributed by atoms with E-state index in [4.69, 9.17) is 11.6 Å². The van der Waals surface area contributed by atoms with Crippen LogP contribution in [0.2, 0.25) is 0 Å². The molecule has 0 aromatic carbocycles. The number of carbonyl (C=O) groups excluding carboxylic acids is 3. The van der Waals surface area contributed by atoms with Crippen LogP contribution in [0.1, 0.15) is 20.3 Å². The second-order valence-electron chi connectivity index (χ2n) is 2.93. The highest BCUT2D eigenvalue weighted by atomic mass is 35.5. The lowest BCUT2D eigenvalue weighted by Gasteiger charge is -2.12. The number of hydrogen-bond donors (Lipinski definition) is 0. The Bertz CT molecular complexity index is 246. The second kappa shape index (κ2) is 8.10. The number of ether oxygens (including phenoxy) is 2. The van der Waals surface area contributed by atoms with E-state index in [1.54, 1.807) is 13.8 Å². The summed E-state index contributed by atoms with van der Waals surface area (Å²) in [6.45, 7) is 3.51. The maximum Gasteiger partial charge on any atom is 0.320 e. The SMILES string of the molecule is CCOC(=O)C(CC(=O)CCl)C(=O)OCC. The van der Waals surface area contributed by atoms with Crippen LogP contribution in [-0.2, 0) is 23.9 Å². The van der Waals surface area contributed by atoms with Gasteiger partial charge in [-0.1, -0.05) is 0 Å². The first-order valence-corrected chi connectivity index (χ1v) is 5.51. The van der Waals surface area contributed by atoms with Gasteiger partial charge in [0, 0.05) is 6.42 Å². The minimum atomic E-state index is -1.20. The predicted octanol–water partition coefficient (Wildman–Crippen LogP) is 0.927. The fourth-order valence-electron chi connectivity index (χ4n) is 1.03. The standard InChI is InChI=1S/C10H15ClO5/c1-3-15-9(13)8(5-7(12)6-11)10(14)16-4-2/h8H,3-6H2,1-2H3. The minimum absolute atomic E-state index is 0.143. The topological polar surface area (TPSA) is 69.7 Å². The molecule has 0 aliphatic rings. The Labute approximate surface area is 99.0 Å². The Morgan fingerprint density at radius 1 is 1.06 bits per heavy atom. The molecule has 6 heteroatoms. The fourth-order valence-corrected chi connectivity index (χ4v) is 1.14. The predicted molar refractivity (Wildman–Crippen MR) is 57.1 cm³/mol. The zero-order chi connectivity index (χ0) is 12.6. The molecular formula is C10H15ClO5. The summed E-state index contributed by atoms with van der Waals surface area (Å²) < 4.78 is 9.36. The molecule has 0 heterocycles. The molecule has 0 saturated carbocycles. The highest BCUT2D eigenvalue weighted by molar-refractivity contribution is 6.28. The van der Waals surface area contributed by atoms with Crippen molar-refractivity contribution >= 4 is 29.3 Å². The van der Waals surface area contributed by atoms with Crippen LogP contribution in [0.15, 0.2) is 0 Å². The molecule has 5 nitrogen and oxygen atoms in total. The molecule has 0 aliphatic heterocycles. The maximum absolute atomic E-state index is 11.4. The first-order chi connectivity index (χ1) is 7.56. The summed E-state index contributed by atoms with van der Waals surface area (Å²) >= 11 is 5.31. The van der Waals surface area contributed by atoms with Crippen LogP contribution < -0.4 is 0 Å². The van der Waals surface area contributed by atoms with E-state index < -0.39 is 23.6 Å². The Morgan fingerprint density at radius 3 is 1.81 bits per heavy atom. The Morgan fingerprint density at radius 2 is 1.50 bits per heavy atom. The molecular weight excluding hydrogens is 236 g/mol. The van der Waals surface area contributed by atoms with E-state index in [2.05, 4.69) is 9.47 Å². The highest BCUT2D eigenvalue weighted by Crippen LogP contribution is 2.10. The fraction of sp³-hybridized carbons (Fsp3) is 0.700. The van der Waals surface area contributed by atoms with Crippen molar-refractivity contribution in [3.8, 4) is 0 Å². The lowest BCUT2D eigenvalue weighted by Crippen LogP contribution is -2.30. The van der Waals surface area contributed by atoms with Crippen molar-refractivity contribution in [1.82, 2.24) is 0 Å². The van der Waals surface area contributed by atoms with Gasteiger partial charge in [-0.05, 0) is 13.8 Å². The Hall–Kier alpha value is -1.10. The van der Waals surface area contributed by atoms with E-state index >= 15 is 0 Å². The van der Waals surface area contributed by atoms with Crippen molar-refractivity contribution in [3.63, 3.8) is 0 Å². The third kappa shape index (κ3) is 5.11. The summed E-state index contributed by atoms with van der Waals surface area (Å²) in [5, 5.41) is 0. The molecule has 0 spiro atoms. The van der Waals surface area contributed by atoms with Gasteiger partial charge < -0.3 is 9.47 Å². The van der Waals surface area contributed by atoms with Gasteiger partial charge in [0.1, 0.15) is 5.78 Å². The molecule has 0 bridgehead atoms. The molecule has 0 amide bonds. The van der Waals surface area contributed by atoms with Gasteiger partial charge in [0.2, 0.25) is 0 Å². The Kier molecular flexibility index (Phi) is 7.54. The van der Waals surface area contributed by atoms with Crippen molar-refractivity contribution < 1.29 is 23.9 Å². The average Bonchev–Trinajstić information content (AvgIpc) is 2.25. The summed E-state index contributed by atoms with van der Waals surface area (Å²) in [5.74, 6) is -3.34. The van der Waals surface area contributed by atoms with Crippen molar-refractivity contribution in [3.05, 3.63) is 0 Å². The molecule has 0 aromatic heterocycles. The van der Waals surface area contributed by atoms with Crippen LogP contribution in [0, 0.1) is 5.92 Å². The summed E-state index contributed by atoms with van der Waals surface area (Å²) in [6, 6.07) is 0. The molecule has 0 atom stereocenters. The van der Waals surface area contributed by atoms with Gasteiger partial charge in [-0.15, -0.1) is 11.6 Å². The van der Waals surface area contributed by atoms with Crippen molar-refractivity contribution in [1.29, 1.82) is 0 Å². The molecule has 0 rings (SSSR count).